The van der Waals surface area contributed by atoms with E-state index < -0.39 is 26.6 Å². The Balaban J connectivity index is 2.45. The van der Waals surface area contributed by atoms with Crippen LogP contribution in [0, 0.1) is 11.6 Å². The predicted molar refractivity (Wildman–Crippen MR) is 65.4 cm³/mol. The molecular formula is C10H11BrF2N2O2S. The van der Waals surface area contributed by atoms with E-state index in [4.69, 9.17) is 5.73 Å². The van der Waals surface area contributed by atoms with Gasteiger partial charge in [-0.15, -0.1) is 0 Å². The summed E-state index contributed by atoms with van der Waals surface area (Å²) in [5.41, 5.74) is 5.62. The molecule has 1 atom stereocenters. The molecule has 1 saturated heterocycles. The molecule has 1 aromatic rings. The Morgan fingerprint density at radius 3 is 2.56 bits per heavy atom. The summed E-state index contributed by atoms with van der Waals surface area (Å²) >= 11 is 2.84. The van der Waals surface area contributed by atoms with E-state index in [-0.39, 0.29) is 23.6 Å². The van der Waals surface area contributed by atoms with Crippen LogP contribution in [0.3, 0.4) is 0 Å². The summed E-state index contributed by atoms with van der Waals surface area (Å²) in [5, 5.41) is 0. The van der Waals surface area contributed by atoms with Crippen LogP contribution in [0.15, 0.2) is 21.5 Å². The van der Waals surface area contributed by atoms with Crippen LogP contribution in [0.4, 0.5) is 8.78 Å². The van der Waals surface area contributed by atoms with Crippen molar-refractivity contribution >= 4 is 26.0 Å². The summed E-state index contributed by atoms with van der Waals surface area (Å²) in [4.78, 5) is -0.537. The molecule has 1 unspecified atom stereocenters. The quantitative estimate of drug-likeness (QED) is 0.829. The van der Waals surface area contributed by atoms with Crippen LogP contribution in [-0.2, 0) is 10.0 Å². The predicted octanol–water partition coefficient (Wildman–Crippen LogP) is 1.45. The SMILES string of the molecule is NC1CCN(S(=O)(=O)c2cc(Br)c(F)cc2F)C1. The van der Waals surface area contributed by atoms with Crippen LogP contribution >= 0.6 is 15.9 Å². The first-order valence-electron chi connectivity index (χ1n) is 5.22. The second kappa shape index (κ2) is 4.84. The molecule has 4 nitrogen and oxygen atoms in total. The van der Waals surface area contributed by atoms with Gasteiger partial charge in [-0.3, -0.25) is 0 Å². The van der Waals surface area contributed by atoms with E-state index in [9.17, 15) is 17.2 Å². The first kappa shape index (κ1) is 13.9. The van der Waals surface area contributed by atoms with Gasteiger partial charge in [-0.25, -0.2) is 17.2 Å². The van der Waals surface area contributed by atoms with Gasteiger partial charge in [-0.2, -0.15) is 4.31 Å². The Morgan fingerprint density at radius 1 is 1.33 bits per heavy atom. The lowest BCUT2D eigenvalue weighted by Crippen LogP contribution is -2.32. The number of sulfonamides is 1. The summed E-state index contributed by atoms with van der Waals surface area (Å²) in [5.74, 6) is -1.94. The van der Waals surface area contributed by atoms with Crippen molar-refractivity contribution < 1.29 is 17.2 Å². The zero-order chi connectivity index (χ0) is 13.5. The molecule has 1 aliphatic heterocycles. The summed E-state index contributed by atoms with van der Waals surface area (Å²) < 4.78 is 52.0. The van der Waals surface area contributed by atoms with E-state index in [2.05, 4.69) is 15.9 Å². The van der Waals surface area contributed by atoms with E-state index in [0.717, 1.165) is 10.4 Å². The standard InChI is InChI=1S/C10H11BrF2N2O2S/c11-7-3-10(9(13)4-8(7)12)18(16,17)15-2-1-6(14)5-15/h3-4,6H,1-2,5,14H2. The van der Waals surface area contributed by atoms with Crippen LogP contribution in [0.2, 0.25) is 0 Å². The number of nitrogens with two attached hydrogens (primary N) is 1. The minimum atomic E-state index is -3.96. The molecule has 0 bridgehead atoms. The summed E-state index contributed by atoms with van der Waals surface area (Å²) in [6.07, 6.45) is 0.531. The molecule has 8 heteroatoms. The average molecular weight is 341 g/mol. The molecule has 18 heavy (non-hydrogen) atoms. The molecule has 2 rings (SSSR count). The molecule has 0 spiro atoms. The van der Waals surface area contributed by atoms with Gasteiger partial charge in [0.2, 0.25) is 10.0 Å². The third-order valence-electron chi connectivity index (χ3n) is 2.78. The fourth-order valence-corrected chi connectivity index (χ4v) is 3.89. The summed E-state index contributed by atoms with van der Waals surface area (Å²) in [6.45, 7) is 0.398. The van der Waals surface area contributed by atoms with Crippen molar-refractivity contribution in [2.75, 3.05) is 13.1 Å². The van der Waals surface area contributed by atoms with E-state index in [1.54, 1.807) is 0 Å². The van der Waals surface area contributed by atoms with Crippen molar-refractivity contribution in [3.8, 4) is 0 Å². The highest BCUT2D eigenvalue weighted by Gasteiger charge is 2.33. The Kier molecular flexibility index (Phi) is 3.72. The number of halogens is 3. The Hall–Kier alpha value is -0.570. The molecule has 0 saturated carbocycles. The maximum atomic E-state index is 13.6. The van der Waals surface area contributed by atoms with Gasteiger partial charge in [-0.1, -0.05) is 0 Å². The van der Waals surface area contributed by atoms with E-state index >= 15 is 0 Å². The van der Waals surface area contributed by atoms with Gasteiger partial charge in [0.15, 0.2) is 0 Å². The van der Waals surface area contributed by atoms with Crippen molar-refractivity contribution in [3.05, 3.63) is 28.2 Å². The lowest BCUT2D eigenvalue weighted by atomic mass is 10.3. The molecule has 1 aromatic carbocycles. The normalized spacial score (nSPS) is 21.4. The second-order valence-electron chi connectivity index (χ2n) is 4.11. The van der Waals surface area contributed by atoms with Crippen molar-refractivity contribution in [1.29, 1.82) is 0 Å². The maximum Gasteiger partial charge on any atom is 0.246 e. The zero-order valence-electron chi connectivity index (χ0n) is 9.24. The molecule has 1 fully saturated rings. The minimum Gasteiger partial charge on any atom is -0.326 e. The van der Waals surface area contributed by atoms with Crippen LogP contribution in [0.5, 0.6) is 0 Å². The van der Waals surface area contributed by atoms with Gasteiger partial charge < -0.3 is 5.73 Å². The van der Waals surface area contributed by atoms with Gasteiger partial charge in [0.1, 0.15) is 16.5 Å². The van der Waals surface area contributed by atoms with E-state index in [1.807, 2.05) is 0 Å². The first-order valence-corrected chi connectivity index (χ1v) is 7.46. The smallest absolute Gasteiger partial charge is 0.246 e. The highest BCUT2D eigenvalue weighted by molar-refractivity contribution is 9.10. The molecule has 1 heterocycles. The highest BCUT2D eigenvalue weighted by Crippen LogP contribution is 2.27. The van der Waals surface area contributed by atoms with Gasteiger partial charge in [-0.05, 0) is 28.4 Å². The van der Waals surface area contributed by atoms with Crippen LogP contribution in [0.1, 0.15) is 6.42 Å². The zero-order valence-corrected chi connectivity index (χ0v) is 11.6. The molecule has 0 radical (unpaired) electrons. The van der Waals surface area contributed by atoms with Crippen molar-refractivity contribution in [1.82, 2.24) is 4.31 Å². The number of rotatable bonds is 2. The third kappa shape index (κ3) is 2.42. The molecule has 0 aromatic heterocycles. The minimum absolute atomic E-state index is 0.0917. The van der Waals surface area contributed by atoms with E-state index in [1.165, 1.54) is 0 Å². The average Bonchev–Trinajstić information content (AvgIpc) is 2.70. The molecule has 100 valence electrons. The van der Waals surface area contributed by atoms with E-state index in [0.29, 0.717) is 12.5 Å². The Labute approximate surface area is 112 Å². The third-order valence-corrected chi connectivity index (χ3v) is 5.27. The number of benzene rings is 1. The first-order chi connectivity index (χ1) is 8.32. The van der Waals surface area contributed by atoms with Gasteiger partial charge in [0.25, 0.3) is 0 Å². The van der Waals surface area contributed by atoms with Crippen molar-refractivity contribution in [2.24, 2.45) is 5.73 Å². The Bertz CT molecular complexity index is 579. The molecule has 0 amide bonds. The van der Waals surface area contributed by atoms with Gasteiger partial charge in [0, 0.05) is 25.2 Å². The topological polar surface area (TPSA) is 63.4 Å². The lowest BCUT2D eigenvalue weighted by molar-refractivity contribution is 0.463. The highest BCUT2D eigenvalue weighted by atomic mass is 79.9. The fraction of sp³-hybridized carbons (Fsp3) is 0.400. The van der Waals surface area contributed by atoms with Crippen LogP contribution < -0.4 is 5.73 Å². The maximum absolute atomic E-state index is 13.6. The molecule has 1 aliphatic rings. The summed E-state index contributed by atoms with van der Waals surface area (Å²) in [7, 11) is -3.96. The van der Waals surface area contributed by atoms with Crippen molar-refractivity contribution in [3.63, 3.8) is 0 Å². The molecule has 2 N–H and O–H groups in total. The summed E-state index contributed by atoms with van der Waals surface area (Å²) in [6, 6.07) is 1.24. The largest absolute Gasteiger partial charge is 0.326 e. The van der Waals surface area contributed by atoms with Gasteiger partial charge in [0.05, 0.1) is 4.47 Å². The second-order valence-corrected chi connectivity index (χ2v) is 6.87. The number of hydrogen-bond donors (Lipinski definition) is 1. The number of nitrogens with zero attached hydrogens (tertiary/aromatic N) is 1. The fourth-order valence-electron chi connectivity index (χ4n) is 1.81. The van der Waals surface area contributed by atoms with Crippen LogP contribution in [-0.4, -0.2) is 31.9 Å². The number of hydrogen-bond acceptors (Lipinski definition) is 3. The molecule has 0 aliphatic carbocycles. The molecular weight excluding hydrogens is 330 g/mol. The van der Waals surface area contributed by atoms with Crippen molar-refractivity contribution in [2.45, 2.75) is 17.4 Å². The Morgan fingerprint density at radius 2 is 2.00 bits per heavy atom. The monoisotopic (exact) mass is 340 g/mol. The van der Waals surface area contributed by atoms with Crippen LogP contribution in [0.25, 0.3) is 0 Å². The lowest BCUT2D eigenvalue weighted by Gasteiger charge is -2.16. The van der Waals surface area contributed by atoms with Gasteiger partial charge >= 0.3 is 0 Å².